The van der Waals surface area contributed by atoms with Crippen molar-refractivity contribution < 1.29 is 0 Å². The molecule has 1 aromatic carbocycles. The van der Waals surface area contributed by atoms with E-state index in [1.807, 2.05) is 0 Å². The molecule has 0 aromatic heterocycles. The van der Waals surface area contributed by atoms with Crippen LogP contribution in [-0.4, -0.2) is 7.05 Å². The average molecular weight is 126 g/mol. The summed E-state index contributed by atoms with van der Waals surface area (Å²) in [6, 6.07) is 0. The first-order valence-corrected chi connectivity index (χ1v) is 2.45. The zero-order valence-corrected chi connectivity index (χ0v) is 4.89. The number of hydrogen-bond donors (Lipinski definition) is 2. The Balaban J connectivity index is 3.25. The lowest BCUT2D eigenvalue weighted by atomic mass is 10.2. The molecule has 0 radical (unpaired) electrons. The Bertz CT molecular complexity index is 296. The molecule has 0 aliphatic carbocycles. The molecule has 0 saturated carbocycles. The first-order chi connectivity index (χ1) is 4.18. The summed E-state index contributed by atoms with van der Waals surface area (Å²) in [5.74, 6) is 0. The van der Waals surface area contributed by atoms with Gasteiger partial charge in [0, 0.05) is 7.05 Å². The third-order valence-electron chi connectivity index (χ3n) is 1.20. The summed E-state index contributed by atoms with van der Waals surface area (Å²) >= 11 is 0. The number of anilines is 2. The topological polar surface area (TPSA) is 72.2 Å². The lowest BCUT2D eigenvalue weighted by Gasteiger charge is -2.02. The maximum absolute atomic E-state index is 10.5. The van der Waals surface area contributed by atoms with Crippen molar-refractivity contribution >= 4 is 11.4 Å². The zero-order chi connectivity index (χ0) is 7.02. The maximum Gasteiger partial charge on any atom is 0.253 e. The minimum atomic E-state index is -0.584. The first-order valence-electron chi connectivity index (χ1n) is 2.45. The molecule has 0 aliphatic heterocycles. The van der Waals surface area contributed by atoms with E-state index in [2.05, 4.69) is 5.32 Å². The molecule has 0 atom stereocenters. The van der Waals surface area contributed by atoms with Crippen molar-refractivity contribution in [3.63, 3.8) is 0 Å². The van der Waals surface area contributed by atoms with Crippen LogP contribution >= 0.6 is 0 Å². The Morgan fingerprint density at radius 3 is 2.11 bits per heavy atom. The van der Waals surface area contributed by atoms with Gasteiger partial charge in [0.15, 0.2) is 0 Å². The second-order valence-corrected chi connectivity index (χ2v) is 1.70. The summed E-state index contributed by atoms with van der Waals surface area (Å²) in [5, 5.41) is 2.52. The van der Waals surface area contributed by atoms with Gasteiger partial charge in [-0.15, -0.1) is 0 Å². The van der Waals surface area contributed by atoms with E-state index in [1.54, 1.807) is 7.05 Å². The van der Waals surface area contributed by atoms with E-state index in [1.165, 1.54) is 0 Å². The Morgan fingerprint density at radius 2 is 1.89 bits per heavy atom. The van der Waals surface area contributed by atoms with Gasteiger partial charge in [-0.2, -0.15) is 0 Å². The molecule has 0 saturated heterocycles. The number of rotatable bonds is 1. The second kappa shape index (κ2) is 1.58. The van der Waals surface area contributed by atoms with Crippen LogP contribution in [0.25, 0.3) is 0 Å². The zero-order valence-electron chi connectivity index (χ0n) is 4.89. The molecule has 0 heterocycles. The van der Waals surface area contributed by atoms with E-state index in [0.29, 0.717) is 0 Å². The molecule has 48 valence electrons. The van der Waals surface area contributed by atoms with Crippen molar-refractivity contribution in [3.05, 3.63) is 20.4 Å². The summed E-state index contributed by atoms with van der Waals surface area (Å²) in [4.78, 5) is 20.8. The van der Waals surface area contributed by atoms with Crippen molar-refractivity contribution in [2.45, 2.75) is 0 Å². The van der Waals surface area contributed by atoms with Crippen molar-refractivity contribution in [1.29, 1.82) is 0 Å². The van der Waals surface area contributed by atoms with E-state index in [9.17, 15) is 9.59 Å². The maximum atomic E-state index is 10.5. The Kier molecular flexibility index (Phi) is 1.02. The molecule has 0 bridgehead atoms. The van der Waals surface area contributed by atoms with Crippen molar-refractivity contribution in [1.82, 2.24) is 0 Å². The van der Waals surface area contributed by atoms with Crippen LogP contribution in [0, 0.1) is 0 Å². The van der Waals surface area contributed by atoms with E-state index in [4.69, 9.17) is 5.73 Å². The molecular formula is C5H6N2O2. The van der Waals surface area contributed by atoms with Gasteiger partial charge in [-0.3, -0.25) is 9.59 Å². The largest absolute Gasteiger partial charge is 0.394 e. The number of nitrogens with two attached hydrogens (primary N) is 1. The van der Waals surface area contributed by atoms with Gasteiger partial charge >= 0.3 is 0 Å². The number of nitrogens with one attached hydrogen (secondary N) is 1. The van der Waals surface area contributed by atoms with Crippen LogP contribution in [0.4, 0.5) is 11.4 Å². The van der Waals surface area contributed by atoms with E-state index in [-0.39, 0.29) is 11.4 Å². The van der Waals surface area contributed by atoms with Crippen LogP contribution in [0.3, 0.4) is 0 Å². The summed E-state index contributed by atoms with van der Waals surface area (Å²) in [6.07, 6.45) is 0. The quantitative estimate of drug-likeness (QED) is 0.469. The van der Waals surface area contributed by atoms with Crippen molar-refractivity contribution in [2.75, 3.05) is 18.1 Å². The molecule has 0 amide bonds. The van der Waals surface area contributed by atoms with Gasteiger partial charge in [0.25, 0.3) is 10.9 Å². The van der Waals surface area contributed by atoms with Crippen molar-refractivity contribution in [2.24, 2.45) is 0 Å². The highest BCUT2D eigenvalue weighted by Crippen LogP contribution is 2.05. The van der Waals surface area contributed by atoms with Crippen LogP contribution in [0.5, 0.6) is 0 Å². The fourth-order valence-corrected chi connectivity index (χ4v) is 0.657. The molecule has 0 fully saturated rings. The molecule has 4 heteroatoms. The third-order valence-corrected chi connectivity index (χ3v) is 1.20. The van der Waals surface area contributed by atoms with Gasteiger partial charge in [-0.1, -0.05) is 0 Å². The van der Waals surface area contributed by atoms with Crippen molar-refractivity contribution in [3.8, 4) is 0 Å². The molecule has 0 unspecified atom stereocenters. The molecule has 0 aliphatic rings. The molecule has 1 aromatic rings. The molecule has 4 nitrogen and oxygen atoms in total. The lowest BCUT2D eigenvalue weighted by Crippen LogP contribution is -2.36. The smallest absolute Gasteiger partial charge is 0.253 e. The molecular weight excluding hydrogens is 120 g/mol. The monoisotopic (exact) mass is 126 g/mol. The Morgan fingerprint density at radius 1 is 1.33 bits per heavy atom. The van der Waals surface area contributed by atoms with Gasteiger partial charge in [0.1, 0.15) is 11.4 Å². The highest BCUT2D eigenvalue weighted by atomic mass is 16.2. The summed E-state index contributed by atoms with van der Waals surface area (Å²) in [5.41, 5.74) is 4.29. The van der Waals surface area contributed by atoms with E-state index >= 15 is 0 Å². The van der Waals surface area contributed by atoms with Gasteiger partial charge in [-0.05, 0) is 0 Å². The summed E-state index contributed by atoms with van der Waals surface area (Å²) in [6.45, 7) is 0. The predicted molar refractivity (Wildman–Crippen MR) is 35.3 cm³/mol. The van der Waals surface area contributed by atoms with Gasteiger partial charge < -0.3 is 11.1 Å². The van der Waals surface area contributed by atoms with Crippen LogP contribution < -0.4 is 21.9 Å². The average Bonchev–Trinajstić information content (AvgIpc) is 1.89. The summed E-state index contributed by atoms with van der Waals surface area (Å²) in [7, 11) is 1.55. The number of hydrogen-bond acceptors (Lipinski definition) is 4. The molecule has 1 rings (SSSR count). The highest BCUT2D eigenvalue weighted by Gasteiger charge is 2.14. The van der Waals surface area contributed by atoms with E-state index < -0.39 is 10.9 Å². The van der Waals surface area contributed by atoms with Crippen LogP contribution in [0.15, 0.2) is 9.59 Å². The second-order valence-electron chi connectivity index (χ2n) is 1.70. The van der Waals surface area contributed by atoms with Gasteiger partial charge in [-0.25, -0.2) is 0 Å². The van der Waals surface area contributed by atoms with Gasteiger partial charge in [0.2, 0.25) is 0 Å². The lowest BCUT2D eigenvalue weighted by molar-refractivity contribution is 1.36. The number of nitrogen functional groups attached to an aromatic ring is 1. The Labute approximate surface area is 51.0 Å². The first kappa shape index (κ1) is 5.81. The molecule has 3 N–H and O–H groups in total. The Hall–Kier alpha value is -1.32. The minimum absolute atomic E-state index is 0.0440. The minimum Gasteiger partial charge on any atom is -0.394 e. The normalized spacial score (nSPS) is 9.89. The molecule has 0 spiro atoms. The summed E-state index contributed by atoms with van der Waals surface area (Å²) < 4.78 is 0. The van der Waals surface area contributed by atoms with E-state index in [0.717, 1.165) is 0 Å². The third kappa shape index (κ3) is 0.526. The molecule has 9 heavy (non-hydrogen) atoms. The standard InChI is InChI=1S/C5H6N2O2/c1-7-3-2(6)4(8)5(3)9/h7H,6H2,1H3. The van der Waals surface area contributed by atoms with Gasteiger partial charge in [0.05, 0.1) is 0 Å². The van der Waals surface area contributed by atoms with Crippen LogP contribution in [0.1, 0.15) is 0 Å². The van der Waals surface area contributed by atoms with Crippen LogP contribution in [0.2, 0.25) is 0 Å². The fourth-order valence-electron chi connectivity index (χ4n) is 0.657. The van der Waals surface area contributed by atoms with Crippen LogP contribution in [-0.2, 0) is 0 Å². The SMILES string of the molecule is CNc1c(N)c(=O)c1=O. The fraction of sp³-hybridized carbons (Fsp3) is 0.200. The predicted octanol–water partition coefficient (Wildman–Crippen LogP) is -1.09. The highest BCUT2D eigenvalue weighted by molar-refractivity contribution is 5.70.